The molecule has 1 aliphatic heterocycles. The van der Waals surface area contributed by atoms with Crippen molar-refractivity contribution in [3.05, 3.63) is 36.0 Å². The summed E-state index contributed by atoms with van der Waals surface area (Å²) in [5, 5.41) is 11.0. The number of amides is 1. The molecular formula is C19H27N3O3. The van der Waals surface area contributed by atoms with Crippen LogP contribution >= 0.6 is 0 Å². The number of piperazine rings is 1. The summed E-state index contributed by atoms with van der Waals surface area (Å²) in [6, 6.07) is 7.99. The number of carbonyl (C=O) groups is 1. The Morgan fingerprint density at radius 1 is 1.24 bits per heavy atom. The second-order valence-corrected chi connectivity index (χ2v) is 6.58. The third kappa shape index (κ3) is 4.03. The second-order valence-electron chi connectivity index (χ2n) is 6.58. The van der Waals surface area contributed by atoms with Gasteiger partial charge in [-0.25, -0.2) is 0 Å². The van der Waals surface area contributed by atoms with Crippen molar-refractivity contribution in [2.45, 2.75) is 13.0 Å². The van der Waals surface area contributed by atoms with E-state index < -0.39 is 6.10 Å². The van der Waals surface area contributed by atoms with Crippen LogP contribution in [0.1, 0.15) is 17.3 Å². The van der Waals surface area contributed by atoms with Crippen LogP contribution in [-0.4, -0.2) is 77.4 Å². The van der Waals surface area contributed by atoms with Crippen LogP contribution < -0.4 is 0 Å². The van der Waals surface area contributed by atoms with E-state index in [9.17, 15) is 9.90 Å². The number of β-amino-alcohol motifs (C(OH)–C–C–N with tert-alkyl or cyclic N) is 1. The van der Waals surface area contributed by atoms with Crippen molar-refractivity contribution in [3.8, 4) is 0 Å². The van der Waals surface area contributed by atoms with Crippen molar-refractivity contribution in [3.63, 3.8) is 0 Å². The molecule has 6 nitrogen and oxygen atoms in total. The van der Waals surface area contributed by atoms with Gasteiger partial charge in [-0.3, -0.25) is 9.69 Å². The van der Waals surface area contributed by atoms with Gasteiger partial charge < -0.3 is 19.3 Å². The van der Waals surface area contributed by atoms with Gasteiger partial charge in [0.15, 0.2) is 0 Å². The summed E-state index contributed by atoms with van der Waals surface area (Å²) in [6.07, 6.45) is 1.45. The molecule has 1 N–H and O–H groups in total. The van der Waals surface area contributed by atoms with Gasteiger partial charge in [0.2, 0.25) is 0 Å². The van der Waals surface area contributed by atoms with Crippen molar-refractivity contribution < 1.29 is 14.6 Å². The number of hydrogen-bond acceptors (Lipinski definition) is 4. The molecule has 0 unspecified atom stereocenters. The van der Waals surface area contributed by atoms with Crippen molar-refractivity contribution in [1.82, 2.24) is 14.4 Å². The first-order valence-corrected chi connectivity index (χ1v) is 8.91. The topological polar surface area (TPSA) is 57.9 Å². The molecule has 1 aromatic carbocycles. The third-order valence-corrected chi connectivity index (χ3v) is 4.77. The molecule has 136 valence electrons. The molecule has 1 fully saturated rings. The Labute approximate surface area is 148 Å². The van der Waals surface area contributed by atoms with E-state index in [-0.39, 0.29) is 5.91 Å². The minimum atomic E-state index is -0.472. The first-order valence-electron chi connectivity index (χ1n) is 8.91. The van der Waals surface area contributed by atoms with Crippen LogP contribution in [0.25, 0.3) is 10.9 Å². The number of aliphatic hydroxyl groups is 1. The summed E-state index contributed by atoms with van der Waals surface area (Å²) in [6.45, 7) is 6.42. The fraction of sp³-hybridized carbons (Fsp3) is 0.526. The van der Waals surface area contributed by atoms with Gasteiger partial charge in [0, 0.05) is 63.5 Å². The van der Waals surface area contributed by atoms with Gasteiger partial charge in [0.1, 0.15) is 0 Å². The van der Waals surface area contributed by atoms with Gasteiger partial charge in [0.05, 0.1) is 18.3 Å². The molecule has 2 heterocycles. The number of carbonyl (C=O) groups excluding carboxylic acids is 1. The standard InChI is InChI=1S/C19H27N3O3/c1-3-25-14-15(23)12-21-8-10-22(11-9-21)19(24)17-13-20(2)18-7-5-4-6-16(17)18/h4-7,13,15,23H,3,8-12,14H2,1-2H3/t15-/m1/s1. The quantitative estimate of drug-likeness (QED) is 0.858. The van der Waals surface area contributed by atoms with E-state index in [0.29, 0.717) is 32.8 Å². The summed E-state index contributed by atoms with van der Waals surface area (Å²) in [5.41, 5.74) is 1.84. The highest BCUT2D eigenvalue weighted by atomic mass is 16.5. The molecule has 3 rings (SSSR count). The van der Waals surface area contributed by atoms with Crippen LogP contribution in [0.4, 0.5) is 0 Å². The van der Waals surface area contributed by atoms with E-state index in [1.165, 1.54) is 0 Å². The highest BCUT2D eigenvalue weighted by Crippen LogP contribution is 2.22. The van der Waals surface area contributed by atoms with Crippen LogP contribution in [0, 0.1) is 0 Å². The fourth-order valence-electron chi connectivity index (χ4n) is 3.42. The zero-order valence-corrected chi connectivity index (χ0v) is 15.0. The molecule has 25 heavy (non-hydrogen) atoms. The average Bonchev–Trinajstić information content (AvgIpc) is 2.97. The normalized spacial score (nSPS) is 17.2. The highest BCUT2D eigenvalue weighted by molar-refractivity contribution is 6.07. The fourth-order valence-corrected chi connectivity index (χ4v) is 3.42. The lowest BCUT2D eigenvalue weighted by Crippen LogP contribution is -2.50. The van der Waals surface area contributed by atoms with Gasteiger partial charge in [0.25, 0.3) is 5.91 Å². The van der Waals surface area contributed by atoms with E-state index in [1.807, 2.05) is 53.9 Å². The number of fused-ring (bicyclic) bond motifs is 1. The molecule has 0 saturated carbocycles. The predicted octanol–water partition coefficient (Wildman–Crippen LogP) is 1.33. The van der Waals surface area contributed by atoms with Crippen LogP contribution in [0.3, 0.4) is 0 Å². The molecule has 1 atom stereocenters. The van der Waals surface area contributed by atoms with E-state index >= 15 is 0 Å². The summed E-state index contributed by atoms with van der Waals surface area (Å²) in [4.78, 5) is 17.0. The van der Waals surface area contributed by atoms with Crippen LogP contribution in [0.15, 0.2) is 30.5 Å². The van der Waals surface area contributed by atoms with Gasteiger partial charge in [-0.15, -0.1) is 0 Å². The number of aliphatic hydroxyl groups excluding tert-OH is 1. The van der Waals surface area contributed by atoms with Crippen molar-refractivity contribution in [2.75, 3.05) is 45.9 Å². The molecule has 0 spiro atoms. The van der Waals surface area contributed by atoms with Gasteiger partial charge in [-0.2, -0.15) is 0 Å². The zero-order chi connectivity index (χ0) is 17.8. The molecule has 0 aliphatic carbocycles. The number of nitrogens with zero attached hydrogens (tertiary/aromatic N) is 3. The molecule has 1 saturated heterocycles. The SMILES string of the molecule is CCOC[C@H](O)CN1CCN(C(=O)c2cn(C)c3ccccc23)CC1. The third-order valence-electron chi connectivity index (χ3n) is 4.77. The molecular weight excluding hydrogens is 318 g/mol. The summed E-state index contributed by atoms with van der Waals surface area (Å²) in [5.74, 6) is 0.0892. The highest BCUT2D eigenvalue weighted by Gasteiger charge is 2.25. The first-order chi connectivity index (χ1) is 12.1. The van der Waals surface area contributed by atoms with Gasteiger partial charge in [-0.1, -0.05) is 18.2 Å². The number of rotatable bonds is 6. The number of benzene rings is 1. The number of aryl methyl sites for hydroxylation is 1. The predicted molar refractivity (Wildman–Crippen MR) is 97.8 cm³/mol. The minimum Gasteiger partial charge on any atom is -0.389 e. The number of ether oxygens (including phenoxy) is 1. The molecule has 2 aromatic rings. The Morgan fingerprint density at radius 3 is 2.68 bits per heavy atom. The Kier molecular flexibility index (Phi) is 5.73. The largest absolute Gasteiger partial charge is 0.389 e. The van der Waals surface area contributed by atoms with Crippen LogP contribution in [-0.2, 0) is 11.8 Å². The maximum Gasteiger partial charge on any atom is 0.256 e. The second kappa shape index (κ2) is 7.99. The zero-order valence-electron chi connectivity index (χ0n) is 15.0. The molecule has 1 amide bonds. The van der Waals surface area contributed by atoms with E-state index in [2.05, 4.69) is 4.90 Å². The van der Waals surface area contributed by atoms with Crippen LogP contribution in [0.5, 0.6) is 0 Å². The summed E-state index contributed by atoms with van der Waals surface area (Å²) >= 11 is 0. The summed E-state index contributed by atoms with van der Waals surface area (Å²) < 4.78 is 7.26. The van der Waals surface area contributed by atoms with Crippen molar-refractivity contribution in [2.24, 2.45) is 7.05 Å². The smallest absolute Gasteiger partial charge is 0.256 e. The number of hydrogen-bond donors (Lipinski definition) is 1. The van der Waals surface area contributed by atoms with Crippen LogP contribution in [0.2, 0.25) is 0 Å². The lowest BCUT2D eigenvalue weighted by molar-refractivity contribution is 0.0111. The minimum absolute atomic E-state index is 0.0892. The first kappa shape index (κ1) is 17.9. The van der Waals surface area contributed by atoms with Crippen molar-refractivity contribution in [1.29, 1.82) is 0 Å². The van der Waals surface area contributed by atoms with E-state index in [1.54, 1.807) is 0 Å². The van der Waals surface area contributed by atoms with E-state index in [0.717, 1.165) is 29.6 Å². The number of aromatic nitrogens is 1. The Bertz CT molecular complexity index is 720. The lowest BCUT2D eigenvalue weighted by Gasteiger charge is -2.35. The maximum absolute atomic E-state index is 12.9. The molecule has 0 bridgehead atoms. The Morgan fingerprint density at radius 2 is 1.96 bits per heavy atom. The average molecular weight is 345 g/mol. The lowest BCUT2D eigenvalue weighted by atomic mass is 10.1. The van der Waals surface area contributed by atoms with E-state index in [4.69, 9.17) is 4.74 Å². The summed E-state index contributed by atoms with van der Waals surface area (Å²) in [7, 11) is 1.97. The van der Waals surface area contributed by atoms with Gasteiger partial charge >= 0.3 is 0 Å². The monoisotopic (exact) mass is 345 g/mol. The molecule has 1 aromatic heterocycles. The van der Waals surface area contributed by atoms with Crippen molar-refractivity contribution >= 4 is 16.8 Å². The maximum atomic E-state index is 12.9. The Balaban J connectivity index is 1.60. The Hall–Kier alpha value is -1.89. The van der Waals surface area contributed by atoms with Gasteiger partial charge in [-0.05, 0) is 13.0 Å². The molecule has 0 radical (unpaired) electrons. The molecule has 1 aliphatic rings. The number of para-hydroxylation sites is 1. The molecule has 6 heteroatoms.